The zero-order valence-corrected chi connectivity index (χ0v) is 24.4. The number of pyridine rings is 2. The molecule has 1 aliphatic carbocycles. The van der Waals surface area contributed by atoms with Gasteiger partial charge >= 0.3 is 0 Å². The summed E-state index contributed by atoms with van der Waals surface area (Å²) < 4.78 is 0. The Morgan fingerprint density at radius 2 is 1.69 bits per heavy atom. The summed E-state index contributed by atoms with van der Waals surface area (Å²) in [4.78, 5) is 39.4. The standard InChI is InChI=1S/C34H33N5O2S/c1-2-39(27-13-7-4-8-14-27)34(41)28-19-20-29(38-31(28)36-25-11-5-3-6-12-25)23-15-17-26(18-16-23)37-32(40)30-22-24-10-9-21-35-33(24)42-30/h3,5-6,9-12,15-22,27H,2,4,7-8,13-14H2,1H3,(H,36,38)(H,37,40). The number of nitrogens with zero attached hydrogens (tertiary/aromatic N) is 3. The van der Waals surface area contributed by atoms with E-state index in [1.54, 1.807) is 6.20 Å². The second-order valence-corrected chi connectivity index (χ2v) is 11.5. The van der Waals surface area contributed by atoms with Crippen LogP contribution in [0.4, 0.5) is 17.2 Å². The van der Waals surface area contributed by atoms with Gasteiger partial charge in [0.25, 0.3) is 11.8 Å². The third-order valence-electron chi connectivity index (χ3n) is 7.74. The van der Waals surface area contributed by atoms with Crippen molar-refractivity contribution in [2.75, 3.05) is 17.2 Å². The van der Waals surface area contributed by atoms with Crippen molar-refractivity contribution < 1.29 is 9.59 Å². The van der Waals surface area contributed by atoms with E-state index in [2.05, 4.69) is 22.5 Å². The van der Waals surface area contributed by atoms with Crippen molar-refractivity contribution in [1.29, 1.82) is 0 Å². The van der Waals surface area contributed by atoms with E-state index in [1.807, 2.05) is 89.8 Å². The van der Waals surface area contributed by atoms with E-state index in [0.29, 0.717) is 28.5 Å². The first-order chi connectivity index (χ1) is 20.6. The molecule has 0 radical (unpaired) electrons. The molecule has 42 heavy (non-hydrogen) atoms. The molecular weight excluding hydrogens is 542 g/mol. The van der Waals surface area contributed by atoms with Gasteiger partial charge in [-0.1, -0.05) is 55.7 Å². The van der Waals surface area contributed by atoms with Gasteiger partial charge in [0.15, 0.2) is 0 Å². The van der Waals surface area contributed by atoms with E-state index in [9.17, 15) is 9.59 Å². The lowest BCUT2D eigenvalue weighted by Gasteiger charge is -2.34. The lowest BCUT2D eigenvalue weighted by molar-refractivity contribution is 0.0648. The molecule has 5 aromatic rings. The fourth-order valence-electron chi connectivity index (χ4n) is 5.56. The average molecular weight is 576 g/mol. The van der Waals surface area contributed by atoms with Crippen LogP contribution in [0.15, 0.2) is 91.1 Å². The number of hydrogen-bond acceptors (Lipinski definition) is 6. The molecule has 3 aromatic heterocycles. The highest BCUT2D eigenvalue weighted by Crippen LogP contribution is 2.30. The Balaban J connectivity index is 1.25. The first-order valence-corrected chi connectivity index (χ1v) is 15.3. The predicted octanol–water partition coefficient (Wildman–Crippen LogP) is 8.15. The number of carbonyl (C=O) groups excluding carboxylic acids is 2. The first kappa shape index (κ1) is 27.6. The Morgan fingerprint density at radius 3 is 2.43 bits per heavy atom. The van der Waals surface area contributed by atoms with E-state index in [1.165, 1.54) is 30.6 Å². The number of aromatic nitrogens is 2. The molecule has 8 heteroatoms. The molecule has 7 nitrogen and oxygen atoms in total. The molecule has 0 aliphatic heterocycles. The van der Waals surface area contributed by atoms with Crippen LogP contribution in [0.3, 0.4) is 0 Å². The number of nitrogens with one attached hydrogen (secondary N) is 2. The van der Waals surface area contributed by atoms with Crippen molar-refractivity contribution in [3.63, 3.8) is 0 Å². The van der Waals surface area contributed by atoms with Crippen LogP contribution < -0.4 is 10.6 Å². The van der Waals surface area contributed by atoms with Crippen LogP contribution in [0, 0.1) is 0 Å². The molecule has 1 fully saturated rings. The van der Waals surface area contributed by atoms with Crippen LogP contribution >= 0.6 is 11.3 Å². The topological polar surface area (TPSA) is 87.2 Å². The zero-order valence-electron chi connectivity index (χ0n) is 23.5. The molecule has 1 saturated carbocycles. The minimum Gasteiger partial charge on any atom is -0.340 e. The number of carbonyl (C=O) groups is 2. The van der Waals surface area contributed by atoms with Gasteiger partial charge in [-0.2, -0.15) is 0 Å². The largest absolute Gasteiger partial charge is 0.340 e. The molecule has 6 rings (SSSR count). The average Bonchev–Trinajstić information content (AvgIpc) is 3.48. The van der Waals surface area contributed by atoms with Gasteiger partial charge in [-0.05, 0) is 68.3 Å². The SMILES string of the molecule is CCN(C(=O)c1ccc(-c2ccc(NC(=O)c3cc4cccnc4s3)cc2)nc1Nc1ccccc1)C1CCCCC1. The molecule has 2 amide bonds. The number of amides is 2. The van der Waals surface area contributed by atoms with Crippen LogP contribution in [-0.2, 0) is 0 Å². The normalized spacial score (nSPS) is 13.5. The maximum absolute atomic E-state index is 13.9. The van der Waals surface area contributed by atoms with Crippen molar-refractivity contribution in [2.24, 2.45) is 0 Å². The molecule has 3 heterocycles. The van der Waals surface area contributed by atoms with E-state index < -0.39 is 0 Å². The highest BCUT2D eigenvalue weighted by atomic mass is 32.1. The van der Waals surface area contributed by atoms with Gasteiger partial charge < -0.3 is 15.5 Å². The number of fused-ring (bicyclic) bond motifs is 1. The third kappa shape index (κ3) is 6.04. The predicted molar refractivity (Wildman–Crippen MR) is 171 cm³/mol. The van der Waals surface area contributed by atoms with E-state index in [4.69, 9.17) is 4.98 Å². The molecule has 0 bridgehead atoms. The fourth-order valence-corrected chi connectivity index (χ4v) is 6.46. The molecular formula is C34H33N5O2S. The number of hydrogen-bond donors (Lipinski definition) is 2. The summed E-state index contributed by atoms with van der Waals surface area (Å²) in [5.74, 6) is 0.379. The Bertz CT molecular complexity index is 1660. The van der Waals surface area contributed by atoms with Crippen LogP contribution in [0.25, 0.3) is 21.5 Å². The monoisotopic (exact) mass is 575 g/mol. The smallest absolute Gasteiger partial charge is 0.265 e. The summed E-state index contributed by atoms with van der Waals surface area (Å²) in [6, 6.07) is 27.1. The Hall–Kier alpha value is -4.56. The number of para-hydroxylation sites is 1. The van der Waals surface area contributed by atoms with Crippen LogP contribution in [-0.4, -0.2) is 39.3 Å². The molecule has 0 saturated heterocycles. The van der Waals surface area contributed by atoms with Gasteiger partial charge in [0.05, 0.1) is 16.1 Å². The van der Waals surface area contributed by atoms with Gasteiger partial charge in [0, 0.05) is 41.1 Å². The Kier molecular flexibility index (Phi) is 8.23. The van der Waals surface area contributed by atoms with E-state index in [0.717, 1.165) is 40.0 Å². The zero-order chi connectivity index (χ0) is 28.9. The fraction of sp³-hybridized carbons (Fsp3) is 0.235. The summed E-state index contributed by atoms with van der Waals surface area (Å²) in [5, 5.41) is 7.32. The minimum atomic E-state index is -0.167. The summed E-state index contributed by atoms with van der Waals surface area (Å²) in [7, 11) is 0. The highest BCUT2D eigenvalue weighted by molar-refractivity contribution is 7.20. The summed E-state index contributed by atoms with van der Waals surface area (Å²) >= 11 is 1.37. The van der Waals surface area contributed by atoms with Gasteiger partial charge in [-0.3, -0.25) is 9.59 Å². The minimum absolute atomic E-state index is 0.0105. The summed E-state index contributed by atoms with van der Waals surface area (Å²) in [6.45, 7) is 2.72. The molecule has 0 spiro atoms. The van der Waals surface area contributed by atoms with Gasteiger partial charge in [0.1, 0.15) is 10.6 Å². The molecule has 212 valence electrons. The van der Waals surface area contributed by atoms with Crippen molar-refractivity contribution >= 4 is 50.6 Å². The van der Waals surface area contributed by atoms with E-state index in [-0.39, 0.29) is 17.9 Å². The quantitative estimate of drug-likeness (QED) is 0.195. The first-order valence-electron chi connectivity index (χ1n) is 14.5. The van der Waals surface area contributed by atoms with Crippen molar-refractivity contribution in [2.45, 2.75) is 45.1 Å². The van der Waals surface area contributed by atoms with Crippen molar-refractivity contribution in [3.05, 3.63) is 102 Å². The van der Waals surface area contributed by atoms with Crippen LogP contribution in [0.1, 0.15) is 59.1 Å². The highest BCUT2D eigenvalue weighted by Gasteiger charge is 2.27. The third-order valence-corrected chi connectivity index (χ3v) is 8.79. The lowest BCUT2D eigenvalue weighted by Crippen LogP contribution is -2.41. The summed E-state index contributed by atoms with van der Waals surface area (Å²) in [6.07, 6.45) is 7.40. The van der Waals surface area contributed by atoms with Gasteiger partial charge in [0.2, 0.25) is 0 Å². The van der Waals surface area contributed by atoms with Crippen LogP contribution in [0.5, 0.6) is 0 Å². The van der Waals surface area contributed by atoms with Gasteiger partial charge in [-0.25, -0.2) is 9.97 Å². The molecule has 0 atom stereocenters. The number of benzene rings is 2. The number of thiophene rings is 1. The van der Waals surface area contributed by atoms with E-state index >= 15 is 0 Å². The second kappa shape index (κ2) is 12.5. The maximum atomic E-state index is 13.9. The molecule has 1 aliphatic rings. The Morgan fingerprint density at radius 1 is 0.905 bits per heavy atom. The van der Waals surface area contributed by atoms with Crippen LogP contribution in [0.2, 0.25) is 0 Å². The van der Waals surface area contributed by atoms with Crippen molar-refractivity contribution in [1.82, 2.24) is 14.9 Å². The molecule has 2 aromatic carbocycles. The molecule has 0 unspecified atom stereocenters. The van der Waals surface area contributed by atoms with Crippen molar-refractivity contribution in [3.8, 4) is 11.3 Å². The number of anilines is 3. The molecule has 2 N–H and O–H groups in total. The van der Waals surface area contributed by atoms with Gasteiger partial charge in [-0.15, -0.1) is 11.3 Å². The maximum Gasteiger partial charge on any atom is 0.265 e. The second-order valence-electron chi connectivity index (χ2n) is 10.5. The summed E-state index contributed by atoms with van der Waals surface area (Å²) in [5.41, 5.74) is 3.74. The Labute approximate surface area is 249 Å². The number of rotatable bonds is 8. The lowest BCUT2D eigenvalue weighted by atomic mass is 9.93.